The molecule has 162 valence electrons. The minimum absolute atomic E-state index is 0.0449. The fraction of sp³-hybridized carbons (Fsp3) is 0.160. The number of carbonyl (C=O) groups is 2. The van der Waals surface area contributed by atoms with Gasteiger partial charge < -0.3 is 14.2 Å². The molecule has 0 unspecified atom stereocenters. The van der Waals surface area contributed by atoms with Gasteiger partial charge in [0.1, 0.15) is 6.61 Å². The van der Waals surface area contributed by atoms with E-state index in [2.05, 4.69) is 0 Å². The average molecular weight is 430 g/mol. The topological polar surface area (TPSA) is 88.9 Å². The second-order valence-electron chi connectivity index (χ2n) is 7.25. The maximum Gasteiger partial charge on any atom is 0.261 e. The molecular formula is C25H22N2O5. The highest BCUT2D eigenvalue weighted by molar-refractivity contribution is 6.21. The smallest absolute Gasteiger partial charge is 0.261 e. The van der Waals surface area contributed by atoms with Crippen LogP contribution in [0, 0.1) is 5.41 Å². The number of fused-ring (bicyclic) bond motifs is 1. The Morgan fingerprint density at radius 2 is 1.47 bits per heavy atom. The van der Waals surface area contributed by atoms with Crippen LogP contribution >= 0.6 is 0 Å². The molecule has 32 heavy (non-hydrogen) atoms. The number of hydrogen-bond acceptors (Lipinski definition) is 6. The molecule has 0 saturated heterocycles. The summed E-state index contributed by atoms with van der Waals surface area (Å²) in [5.41, 5.74) is 3.26. The Morgan fingerprint density at radius 3 is 2.06 bits per heavy atom. The van der Waals surface area contributed by atoms with Gasteiger partial charge in [0, 0.05) is 5.56 Å². The van der Waals surface area contributed by atoms with Gasteiger partial charge in [0.15, 0.2) is 11.5 Å². The number of hydrogen-bond donors (Lipinski definition) is 1. The summed E-state index contributed by atoms with van der Waals surface area (Å²) in [6, 6.07) is 19.6. The second-order valence-corrected chi connectivity index (χ2v) is 7.25. The summed E-state index contributed by atoms with van der Waals surface area (Å²) in [6.07, 6.45) is 0. The van der Waals surface area contributed by atoms with Gasteiger partial charge in [-0.05, 0) is 41.5 Å². The Kier molecular flexibility index (Phi) is 5.89. The first kappa shape index (κ1) is 21.1. The number of benzene rings is 3. The van der Waals surface area contributed by atoms with Gasteiger partial charge in [-0.25, -0.2) is 0 Å². The summed E-state index contributed by atoms with van der Waals surface area (Å²) in [7, 11) is 2.98. The zero-order valence-electron chi connectivity index (χ0n) is 17.8. The van der Waals surface area contributed by atoms with Crippen LogP contribution in [0.1, 0.15) is 37.4 Å². The third-order valence-corrected chi connectivity index (χ3v) is 5.27. The molecule has 1 aliphatic heterocycles. The van der Waals surface area contributed by atoms with E-state index in [4.69, 9.17) is 19.6 Å². The maximum absolute atomic E-state index is 12.5. The molecule has 1 aliphatic rings. The second kappa shape index (κ2) is 8.93. The summed E-state index contributed by atoms with van der Waals surface area (Å²) in [5, 5.41) is 7.76. The number of nitrogens with one attached hydrogen (secondary N) is 1. The lowest BCUT2D eigenvalue weighted by molar-refractivity contribution is 0.0642. The molecule has 3 aromatic carbocycles. The van der Waals surface area contributed by atoms with Crippen LogP contribution in [-0.4, -0.2) is 36.8 Å². The lowest BCUT2D eigenvalue weighted by Crippen LogP contribution is -2.29. The summed E-state index contributed by atoms with van der Waals surface area (Å²) in [6.45, 7) is 0.527. The van der Waals surface area contributed by atoms with E-state index in [1.54, 1.807) is 42.5 Å². The Hall–Kier alpha value is -4.13. The van der Waals surface area contributed by atoms with Crippen LogP contribution in [0.4, 0.5) is 0 Å². The number of carbonyl (C=O) groups excluding carboxylic acids is 2. The Bertz CT molecular complexity index is 1150. The largest absolute Gasteiger partial charge is 0.493 e. The van der Waals surface area contributed by atoms with Gasteiger partial charge in [0.05, 0.1) is 31.9 Å². The van der Waals surface area contributed by atoms with Crippen molar-refractivity contribution in [2.24, 2.45) is 0 Å². The van der Waals surface area contributed by atoms with Crippen molar-refractivity contribution >= 4 is 17.7 Å². The Morgan fingerprint density at radius 1 is 0.844 bits per heavy atom. The van der Waals surface area contributed by atoms with Crippen LogP contribution < -0.4 is 9.47 Å². The van der Waals surface area contributed by atoms with Crippen LogP contribution in [0.2, 0.25) is 0 Å². The van der Waals surface area contributed by atoms with Crippen LogP contribution in [0.3, 0.4) is 0 Å². The minimum atomic E-state index is -0.268. The maximum atomic E-state index is 12.5. The van der Waals surface area contributed by atoms with E-state index in [0.717, 1.165) is 11.1 Å². The quantitative estimate of drug-likeness (QED) is 0.347. The van der Waals surface area contributed by atoms with E-state index in [1.807, 2.05) is 24.3 Å². The summed E-state index contributed by atoms with van der Waals surface area (Å²) in [4.78, 5) is 26.3. The number of methoxy groups -OCH3 is 2. The molecule has 0 spiro atoms. The van der Waals surface area contributed by atoms with Gasteiger partial charge >= 0.3 is 0 Å². The molecule has 0 saturated carbocycles. The zero-order chi connectivity index (χ0) is 22.7. The number of imide groups is 1. The van der Waals surface area contributed by atoms with Crippen molar-refractivity contribution in [2.45, 2.75) is 13.2 Å². The molecule has 2 amide bonds. The van der Waals surface area contributed by atoms with Crippen molar-refractivity contribution in [3.8, 4) is 11.5 Å². The first-order valence-electron chi connectivity index (χ1n) is 9.98. The van der Waals surface area contributed by atoms with Gasteiger partial charge in [-0.1, -0.05) is 36.4 Å². The lowest BCUT2D eigenvalue weighted by Gasteiger charge is -2.15. The molecule has 7 heteroatoms. The van der Waals surface area contributed by atoms with Crippen molar-refractivity contribution in [2.75, 3.05) is 14.2 Å². The van der Waals surface area contributed by atoms with E-state index < -0.39 is 0 Å². The number of ether oxygens (including phenoxy) is 3. The molecule has 7 nitrogen and oxygen atoms in total. The van der Waals surface area contributed by atoms with E-state index in [0.29, 0.717) is 34.8 Å². The normalized spacial score (nSPS) is 12.5. The van der Waals surface area contributed by atoms with Crippen molar-refractivity contribution in [3.63, 3.8) is 0 Å². The van der Waals surface area contributed by atoms with E-state index in [1.165, 1.54) is 19.1 Å². The first-order valence-corrected chi connectivity index (χ1v) is 9.98. The highest BCUT2D eigenvalue weighted by Gasteiger charge is 2.34. The van der Waals surface area contributed by atoms with E-state index in [9.17, 15) is 9.59 Å². The molecule has 0 radical (unpaired) electrons. The molecule has 3 aromatic rings. The molecule has 0 fully saturated rings. The fourth-order valence-electron chi connectivity index (χ4n) is 3.51. The molecule has 1 N–H and O–H groups in total. The molecule has 0 aromatic heterocycles. The molecular weight excluding hydrogens is 408 g/mol. The zero-order valence-corrected chi connectivity index (χ0v) is 17.8. The lowest BCUT2D eigenvalue weighted by atomic mass is 10.1. The highest BCUT2D eigenvalue weighted by atomic mass is 16.5. The number of rotatable bonds is 7. The SMILES string of the molecule is COC(=N)c1ccc(OCc2ccc(CN3C(=O)c4ccccc4C3=O)cc2)c(OC)c1. The minimum Gasteiger partial charge on any atom is -0.493 e. The summed E-state index contributed by atoms with van der Waals surface area (Å²) >= 11 is 0. The third-order valence-electron chi connectivity index (χ3n) is 5.27. The van der Waals surface area contributed by atoms with Gasteiger partial charge in [-0.15, -0.1) is 0 Å². The fourth-order valence-corrected chi connectivity index (χ4v) is 3.51. The van der Waals surface area contributed by atoms with Gasteiger partial charge in [-0.3, -0.25) is 19.9 Å². The van der Waals surface area contributed by atoms with Gasteiger partial charge in [0.2, 0.25) is 5.90 Å². The predicted octanol–water partition coefficient (Wildman–Crippen LogP) is 4.04. The number of amides is 2. The van der Waals surface area contributed by atoms with Crippen LogP contribution in [0.25, 0.3) is 0 Å². The van der Waals surface area contributed by atoms with Crippen molar-refractivity contribution in [1.29, 1.82) is 5.41 Å². The van der Waals surface area contributed by atoms with Crippen molar-refractivity contribution in [3.05, 3.63) is 94.5 Å². The Balaban J connectivity index is 1.40. The molecule has 0 atom stereocenters. The number of nitrogens with zero attached hydrogens (tertiary/aromatic N) is 1. The van der Waals surface area contributed by atoms with Crippen molar-refractivity contribution in [1.82, 2.24) is 4.90 Å². The molecule has 4 rings (SSSR count). The average Bonchev–Trinajstić information content (AvgIpc) is 3.08. The Labute approximate surface area is 185 Å². The van der Waals surface area contributed by atoms with E-state index >= 15 is 0 Å². The molecule has 0 aliphatic carbocycles. The van der Waals surface area contributed by atoms with E-state index in [-0.39, 0.29) is 24.3 Å². The monoisotopic (exact) mass is 430 g/mol. The van der Waals surface area contributed by atoms with Crippen LogP contribution in [0.15, 0.2) is 66.7 Å². The van der Waals surface area contributed by atoms with Gasteiger partial charge in [0.25, 0.3) is 11.8 Å². The summed E-state index contributed by atoms with van der Waals surface area (Å²) in [5.74, 6) is 0.565. The molecule has 0 bridgehead atoms. The van der Waals surface area contributed by atoms with Crippen LogP contribution in [0.5, 0.6) is 11.5 Å². The third kappa shape index (κ3) is 4.05. The highest BCUT2D eigenvalue weighted by Crippen LogP contribution is 2.29. The first-order chi connectivity index (χ1) is 15.5. The van der Waals surface area contributed by atoms with Crippen LogP contribution in [-0.2, 0) is 17.9 Å². The predicted molar refractivity (Wildman–Crippen MR) is 118 cm³/mol. The standard InChI is InChI=1S/C25H22N2O5/c1-30-22-13-18(23(26)31-2)11-12-21(22)32-15-17-9-7-16(8-10-17)14-27-24(28)19-5-3-4-6-20(19)25(27)29/h3-13,26H,14-15H2,1-2H3. The van der Waals surface area contributed by atoms with Crippen molar-refractivity contribution < 1.29 is 23.8 Å². The molecule has 1 heterocycles. The van der Waals surface area contributed by atoms with Gasteiger partial charge in [-0.2, -0.15) is 0 Å². The summed E-state index contributed by atoms with van der Waals surface area (Å²) < 4.78 is 16.2.